The topological polar surface area (TPSA) is 25.8 Å². The van der Waals surface area contributed by atoms with Crippen LogP contribution in [0.25, 0.3) is 32.9 Å². The number of benzene rings is 2. The maximum absolute atomic E-state index is 6.09. The normalized spacial score (nSPS) is 11.2. The summed E-state index contributed by atoms with van der Waals surface area (Å²) in [6.07, 6.45) is 0. The Morgan fingerprint density at radius 1 is 0.682 bits per heavy atom. The minimum Gasteiger partial charge on any atom is -0.234 e. The summed E-state index contributed by atoms with van der Waals surface area (Å²) in [6, 6.07) is 19.9. The van der Waals surface area contributed by atoms with Crippen molar-refractivity contribution >= 4 is 45.0 Å². The Morgan fingerprint density at radius 3 is 2.14 bits per heavy atom. The van der Waals surface area contributed by atoms with E-state index in [1.54, 1.807) is 12.1 Å². The summed E-state index contributed by atoms with van der Waals surface area (Å²) >= 11 is 12.1. The minimum absolute atomic E-state index is 0.445. The van der Waals surface area contributed by atoms with E-state index < -0.39 is 0 Å². The summed E-state index contributed by atoms with van der Waals surface area (Å²) in [6.45, 7) is 0. The van der Waals surface area contributed by atoms with E-state index in [0.29, 0.717) is 10.3 Å². The van der Waals surface area contributed by atoms with Gasteiger partial charge in [0, 0.05) is 10.8 Å². The van der Waals surface area contributed by atoms with Gasteiger partial charge in [-0.05, 0) is 41.5 Å². The third-order valence-electron chi connectivity index (χ3n) is 3.65. The molecule has 0 aliphatic heterocycles. The molecule has 0 N–H and O–H groups in total. The highest BCUT2D eigenvalue weighted by Gasteiger charge is 2.11. The van der Waals surface area contributed by atoms with Gasteiger partial charge < -0.3 is 0 Å². The molecule has 2 nitrogen and oxygen atoms in total. The zero-order valence-electron chi connectivity index (χ0n) is 11.4. The Kier molecular flexibility index (Phi) is 3.21. The van der Waals surface area contributed by atoms with Gasteiger partial charge in [-0.1, -0.05) is 53.5 Å². The average Bonchev–Trinajstić information content (AvgIpc) is 2.55. The van der Waals surface area contributed by atoms with Crippen LogP contribution in [0.5, 0.6) is 0 Å². The van der Waals surface area contributed by atoms with Crippen LogP contribution >= 0.6 is 23.2 Å². The number of hydrogen-bond donors (Lipinski definition) is 0. The molecule has 2 heterocycles. The molecule has 0 atom stereocenters. The van der Waals surface area contributed by atoms with Crippen LogP contribution in [-0.2, 0) is 0 Å². The molecule has 0 fully saturated rings. The summed E-state index contributed by atoms with van der Waals surface area (Å²) in [5.74, 6) is 0. The van der Waals surface area contributed by atoms with Gasteiger partial charge >= 0.3 is 0 Å². The van der Waals surface area contributed by atoms with Crippen molar-refractivity contribution in [3.63, 3.8) is 0 Å². The van der Waals surface area contributed by atoms with Crippen molar-refractivity contribution < 1.29 is 0 Å². The van der Waals surface area contributed by atoms with Crippen molar-refractivity contribution in [2.75, 3.05) is 0 Å². The molecule has 4 rings (SSSR count). The monoisotopic (exact) mass is 324 g/mol. The van der Waals surface area contributed by atoms with Crippen LogP contribution in [0.3, 0.4) is 0 Å². The van der Waals surface area contributed by atoms with Crippen molar-refractivity contribution in [1.29, 1.82) is 0 Å². The molecule has 0 amide bonds. The second-order valence-electron chi connectivity index (χ2n) is 5.03. The van der Waals surface area contributed by atoms with Crippen LogP contribution in [0, 0.1) is 0 Å². The van der Waals surface area contributed by atoms with E-state index in [-0.39, 0.29) is 0 Å². The molecule has 0 radical (unpaired) electrons. The highest BCUT2D eigenvalue weighted by atomic mass is 35.5. The quantitative estimate of drug-likeness (QED) is 0.328. The first-order valence-corrected chi connectivity index (χ1v) is 7.59. The van der Waals surface area contributed by atoms with E-state index in [2.05, 4.69) is 28.2 Å². The first-order chi connectivity index (χ1) is 10.7. The SMILES string of the molecule is Clc1ccc2cc(-c3ccccc3)c3ccc(Cl)nc3c2n1. The van der Waals surface area contributed by atoms with Gasteiger partial charge in [-0.15, -0.1) is 0 Å². The highest BCUT2D eigenvalue weighted by molar-refractivity contribution is 6.31. The fourth-order valence-corrected chi connectivity index (χ4v) is 2.97. The molecular weight excluding hydrogens is 315 g/mol. The standard InChI is InChI=1S/C18H10Cl2N2/c19-15-8-6-12-10-14(11-4-2-1-3-5-11)13-7-9-16(20)22-18(13)17(12)21-15/h1-10H. The van der Waals surface area contributed by atoms with Crippen LogP contribution in [0.4, 0.5) is 0 Å². The summed E-state index contributed by atoms with van der Waals surface area (Å²) < 4.78 is 0. The summed E-state index contributed by atoms with van der Waals surface area (Å²) in [5, 5.41) is 2.90. The molecular formula is C18H10Cl2N2. The van der Waals surface area contributed by atoms with E-state index in [4.69, 9.17) is 23.2 Å². The van der Waals surface area contributed by atoms with Crippen LogP contribution in [-0.4, -0.2) is 9.97 Å². The third kappa shape index (κ3) is 2.21. The van der Waals surface area contributed by atoms with Crippen LogP contribution in [0.2, 0.25) is 10.3 Å². The Morgan fingerprint density at radius 2 is 1.36 bits per heavy atom. The van der Waals surface area contributed by atoms with Gasteiger partial charge in [-0.25, -0.2) is 9.97 Å². The zero-order valence-corrected chi connectivity index (χ0v) is 12.9. The molecule has 4 aromatic rings. The Hall–Kier alpha value is -2.16. The minimum atomic E-state index is 0.445. The third-order valence-corrected chi connectivity index (χ3v) is 4.07. The van der Waals surface area contributed by atoms with Gasteiger partial charge in [0.1, 0.15) is 10.3 Å². The fourth-order valence-electron chi connectivity index (χ4n) is 2.68. The molecule has 0 unspecified atom stereocenters. The van der Waals surface area contributed by atoms with E-state index >= 15 is 0 Å². The second kappa shape index (κ2) is 5.24. The van der Waals surface area contributed by atoms with Crippen molar-refractivity contribution in [2.24, 2.45) is 0 Å². The van der Waals surface area contributed by atoms with Gasteiger partial charge in [0.25, 0.3) is 0 Å². The van der Waals surface area contributed by atoms with Gasteiger partial charge in [0.2, 0.25) is 0 Å². The maximum Gasteiger partial charge on any atom is 0.129 e. The highest BCUT2D eigenvalue weighted by Crippen LogP contribution is 2.34. The molecule has 22 heavy (non-hydrogen) atoms. The van der Waals surface area contributed by atoms with E-state index in [9.17, 15) is 0 Å². The lowest BCUT2D eigenvalue weighted by atomic mass is 9.98. The predicted octanol–water partition coefficient (Wildman–Crippen LogP) is 5.76. The van der Waals surface area contributed by atoms with Crippen molar-refractivity contribution in [3.05, 3.63) is 71.0 Å². The second-order valence-corrected chi connectivity index (χ2v) is 5.80. The number of nitrogens with zero attached hydrogens (tertiary/aromatic N) is 2. The van der Waals surface area contributed by atoms with E-state index in [0.717, 1.165) is 32.9 Å². The summed E-state index contributed by atoms with van der Waals surface area (Å²) in [4.78, 5) is 8.90. The molecule has 0 aliphatic carbocycles. The molecule has 0 spiro atoms. The lowest BCUT2D eigenvalue weighted by molar-refractivity contribution is 1.37. The number of rotatable bonds is 1. The lowest BCUT2D eigenvalue weighted by Crippen LogP contribution is -1.90. The Balaban J connectivity index is 2.19. The van der Waals surface area contributed by atoms with Gasteiger partial charge in [-0.3, -0.25) is 0 Å². The van der Waals surface area contributed by atoms with Crippen molar-refractivity contribution in [3.8, 4) is 11.1 Å². The zero-order chi connectivity index (χ0) is 15.1. The Labute approximate surface area is 137 Å². The van der Waals surface area contributed by atoms with E-state index in [1.165, 1.54) is 0 Å². The molecule has 106 valence electrons. The van der Waals surface area contributed by atoms with E-state index in [1.807, 2.05) is 30.3 Å². The van der Waals surface area contributed by atoms with Crippen molar-refractivity contribution in [1.82, 2.24) is 9.97 Å². The smallest absolute Gasteiger partial charge is 0.129 e. The first-order valence-electron chi connectivity index (χ1n) is 6.83. The average molecular weight is 325 g/mol. The number of fused-ring (bicyclic) bond motifs is 3. The van der Waals surface area contributed by atoms with Gasteiger partial charge in [0.05, 0.1) is 11.0 Å². The maximum atomic E-state index is 6.09. The lowest BCUT2D eigenvalue weighted by Gasteiger charge is -2.10. The number of pyridine rings is 2. The van der Waals surface area contributed by atoms with Gasteiger partial charge in [0.15, 0.2) is 0 Å². The summed E-state index contributed by atoms with van der Waals surface area (Å²) in [5.41, 5.74) is 3.78. The van der Waals surface area contributed by atoms with Crippen LogP contribution in [0.15, 0.2) is 60.7 Å². The molecule has 0 saturated carbocycles. The molecule has 0 bridgehead atoms. The van der Waals surface area contributed by atoms with Crippen LogP contribution < -0.4 is 0 Å². The first kappa shape index (κ1) is 13.5. The van der Waals surface area contributed by atoms with Crippen molar-refractivity contribution in [2.45, 2.75) is 0 Å². The molecule has 2 aromatic carbocycles. The molecule has 2 aromatic heterocycles. The number of hydrogen-bond acceptors (Lipinski definition) is 2. The summed E-state index contributed by atoms with van der Waals surface area (Å²) in [7, 11) is 0. The van der Waals surface area contributed by atoms with Crippen LogP contribution in [0.1, 0.15) is 0 Å². The Bertz CT molecular complexity index is 998. The predicted molar refractivity (Wildman–Crippen MR) is 92.5 cm³/mol. The number of aromatic nitrogens is 2. The number of halogens is 2. The molecule has 0 aliphatic rings. The fraction of sp³-hybridized carbons (Fsp3) is 0. The largest absolute Gasteiger partial charge is 0.234 e. The van der Waals surface area contributed by atoms with Gasteiger partial charge in [-0.2, -0.15) is 0 Å². The molecule has 4 heteroatoms. The molecule has 0 saturated heterocycles.